The number of aryl methyl sites for hydroxylation is 1. The standard InChI is InChI=1S/C18H25N3.2ClH/c1-14-3-2-4-16-15(11-20-17(14)16)12-21-10-7-18(13-21)5-8-19-9-6-18;;/h2-4,11,19-20H,5-10,12-13H2,1H3;2*1H. The van der Waals surface area contributed by atoms with Gasteiger partial charge in [0.1, 0.15) is 0 Å². The molecular weight excluding hydrogens is 329 g/mol. The van der Waals surface area contributed by atoms with Gasteiger partial charge >= 0.3 is 0 Å². The van der Waals surface area contributed by atoms with Gasteiger partial charge in [0, 0.05) is 30.2 Å². The molecule has 0 saturated carbocycles. The van der Waals surface area contributed by atoms with Gasteiger partial charge < -0.3 is 10.3 Å². The van der Waals surface area contributed by atoms with E-state index in [2.05, 4.69) is 46.5 Å². The third kappa shape index (κ3) is 3.53. The summed E-state index contributed by atoms with van der Waals surface area (Å²) in [6.45, 7) is 8.24. The van der Waals surface area contributed by atoms with E-state index in [-0.39, 0.29) is 24.8 Å². The summed E-state index contributed by atoms with van der Waals surface area (Å²) in [5, 5.41) is 4.91. The number of halogens is 2. The molecule has 1 aromatic carbocycles. The van der Waals surface area contributed by atoms with E-state index in [4.69, 9.17) is 0 Å². The Kier molecular flexibility index (Phi) is 6.01. The first-order valence-corrected chi connectivity index (χ1v) is 8.24. The summed E-state index contributed by atoms with van der Waals surface area (Å²) in [7, 11) is 0. The van der Waals surface area contributed by atoms with Crippen molar-refractivity contribution < 1.29 is 0 Å². The molecule has 0 bridgehead atoms. The molecule has 23 heavy (non-hydrogen) atoms. The number of nitrogens with one attached hydrogen (secondary N) is 2. The van der Waals surface area contributed by atoms with Gasteiger partial charge in [0.2, 0.25) is 0 Å². The number of hydrogen-bond acceptors (Lipinski definition) is 2. The first-order valence-electron chi connectivity index (χ1n) is 8.24. The fourth-order valence-electron chi connectivity index (χ4n) is 4.26. The third-order valence-corrected chi connectivity index (χ3v) is 5.59. The number of para-hydroxylation sites is 1. The highest BCUT2D eigenvalue weighted by atomic mass is 35.5. The smallest absolute Gasteiger partial charge is 0.0487 e. The van der Waals surface area contributed by atoms with Crippen LogP contribution in [0.15, 0.2) is 24.4 Å². The van der Waals surface area contributed by atoms with Crippen molar-refractivity contribution in [3.63, 3.8) is 0 Å². The molecular formula is C18H27Cl2N3. The van der Waals surface area contributed by atoms with E-state index in [0.29, 0.717) is 5.41 Å². The van der Waals surface area contributed by atoms with E-state index in [0.717, 1.165) is 6.54 Å². The molecule has 3 nitrogen and oxygen atoms in total. The van der Waals surface area contributed by atoms with E-state index in [1.807, 2.05) is 0 Å². The molecule has 0 atom stereocenters. The van der Waals surface area contributed by atoms with Crippen molar-refractivity contribution in [3.8, 4) is 0 Å². The maximum Gasteiger partial charge on any atom is 0.0487 e. The maximum atomic E-state index is 3.50. The van der Waals surface area contributed by atoms with E-state index < -0.39 is 0 Å². The highest BCUT2D eigenvalue weighted by molar-refractivity contribution is 5.86. The van der Waals surface area contributed by atoms with Crippen molar-refractivity contribution in [2.45, 2.75) is 32.7 Å². The molecule has 2 aliphatic heterocycles. The Balaban J connectivity index is 0.000000960. The van der Waals surface area contributed by atoms with Gasteiger partial charge in [-0.3, -0.25) is 4.90 Å². The summed E-state index contributed by atoms with van der Waals surface area (Å²) < 4.78 is 0. The zero-order valence-electron chi connectivity index (χ0n) is 13.7. The number of likely N-dealkylation sites (tertiary alicyclic amines) is 1. The van der Waals surface area contributed by atoms with Gasteiger partial charge in [-0.2, -0.15) is 0 Å². The number of rotatable bonds is 2. The lowest BCUT2D eigenvalue weighted by Crippen LogP contribution is -2.38. The fourth-order valence-corrected chi connectivity index (χ4v) is 4.26. The average molecular weight is 356 g/mol. The normalized spacial score (nSPS) is 20.4. The van der Waals surface area contributed by atoms with E-state index in [1.165, 1.54) is 67.5 Å². The van der Waals surface area contributed by atoms with Crippen LogP contribution in [0.4, 0.5) is 0 Å². The first-order chi connectivity index (χ1) is 10.3. The predicted octanol–water partition coefficient (Wildman–Crippen LogP) is 3.90. The molecule has 1 spiro atoms. The number of aromatic amines is 1. The highest BCUT2D eigenvalue weighted by Crippen LogP contribution is 2.39. The van der Waals surface area contributed by atoms with E-state index in [1.54, 1.807) is 0 Å². The van der Waals surface area contributed by atoms with Gasteiger partial charge in [0.25, 0.3) is 0 Å². The largest absolute Gasteiger partial charge is 0.361 e. The maximum absolute atomic E-state index is 3.50. The van der Waals surface area contributed by atoms with Gasteiger partial charge in [0.05, 0.1) is 0 Å². The molecule has 2 aliphatic rings. The van der Waals surface area contributed by atoms with Crippen molar-refractivity contribution in [1.29, 1.82) is 0 Å². The first kappa shape index (κ1) is 18.6. The van der Waals surface area contributed by atoms with E-state index >= 15 is 0 Å². The summed E-state index contributed by atoms with van der Waals surface area (Å²) in [5.41, 5.74) is 4.71. The summed E-state index contributed by atoms with van der Waals surface area (Å²) in [6, 6.07) is 6.61. The Hall–Kier alpha value is -0.740. The Labute approximate surface area is 151 Å². The zero-order valence-corrected chi connectivity index (χ0v) is 15.4. The molecule has 4 rings (SSSR count). The minimum atomic E-state index is 0. The molecule has 0 aliphatic carbocycles. The summed E-state index contributed by atoms with van der Waals surface area (Å²) in [4.78, 5) is 6.13. The SMILES string of the molecule is Cc1cccc2c(CN3CCC4(CCNCC4)C3)c[nH]c12.Cl.Cl. The second kappa shape index (κ2) is 7.43. The molecule has 2 aromatic rings. The molecule has 3 heterocycles. The number of nitrogens with zero attached hydrogens (tertiary/aromatic N) is 1. The Morgan fingerprint density at radius 3 is 2.70 bits per heavy atom. The molecule has 0 radical (unpaired) electrons. The van der Waals surface area contributed by atoms with Crippen LogP contribution in [-0.4, -0.2) is 36.1 Å². The number of H-pyrrole nitrogens is 1. The highest BCUT2D eigenvalue weighted by Gasteiger charge is 2.38. The van der Waals surface area contributed by atoms with Gasteiger partial charge in [-0.1, -0.05) is 18.2 Å². The summed E-state index contributed by atoms with van der Waals surface area (Å²) in [6.07, 6.45) is 6.31. The van der Waals surface area contributed by atoms with Gasteiger partial charge in [-0.25, -0.2) is 0 Å². The second-order valence-corrected chi connectivity index (χ2v) is 7.02. The molecule has 2 fully saturated rings. The summed E-state index contributed by atoms with van der Waals surface area (Å²) >= 11 is 0. The van der Waals surface area contributed by atoms with Crippen LogP contribution in [0, 0.1) is 12.3 Å². The lowest BCUT2D eigenvalue weighted by Gasteiger charge is -2.33. The minimum Gasteiger partial charge on any atom is -0.361 e. The monoisotopic (exact) mass is 355 g/mol. The predicted molar refractivity (Wildman–Crippen MR) is 102 cm³/mol. The molecule has 0 unspecified atom stereocenters. The number of aromatic nitrogens is 1. The second-order valence-electron chi connectivity index (χ2n) is 7.02. The number of hydrogen-bond donors (Lipinski definition) is 2. The lowest BCUT2D eigenvalue weighted by atomic mass is 9.78. The Morgan fingerprint density at radius 1 is 1.13 bits per heavy atom. The Morgan fingerprint density at radius 2 is 1.91 bits per heavy atom. The van der Waals surface area contributed by atoms with Crippen LogP contribution in [0.2, 0.25) is 0 Å². The van der Waals surface area contributed by atoms with Gasteiger partial charge in [0.15, 0.2) is 0 Å². The van der Waals surface area contributed by atoms with Crippen LogP contribution in [0.5, 0.6) is 0 Å². The molecule has 2 N–H and O–H groups in total. The van der Waals surface area contributed by atoms with Gasteiger partial charge in [-0.05, 0) is 62.4 Å². The van der Waals surface area contributed by atoms with Crippen molar-refractivity contribution in [2.75, 3.05) is 26.2 Å². The van der Waals surface area contributed by atoms with Crippen LogP contribution < -0.4 is 5.32 Å². The molecule has 5 heteroatoms. The average Bonchev–Trinajstić information content (AvgIpc) is 3.07. The topological polar surface area (TPSA) is 31.1 Å². The number of piperidine rings is 1. The van der Waals surface area contributed by atoms with Crippen LogP contribution in [0.1, 0.15) is 30.4 Å². The number of fused-ring (bicyclic) bond motifs is 1. The lowest BCUT2D eigenvalue weighted by molar-refractivity contribution is 0.194. The molecule has 2 saturated heterocycles. The van der Waals surface area contributed by atoms with Crippen LogP contribution in [-0.2, 0) is 6.54 Å². The third-order valence-electron chi connectivity index (χ3n) is 5.59. The van der Waals surface area contributed by atoms with Crippen molar-refractivity contribution in [3.05, 3.63) is 35.5 Å². The minimum absolute atomic E-state index is 0. The van der Waals surface area contributed by atoms with Crippen LogP contribution in [0.3, 0.4) is 0 Å². The molecule has 0 amide bonds. The van der Waals surface area contributed by atoms with Crippen LogP contribution in [0.25, 0.3) is 10.9 Å². The quantitative estimate of drug-likeness (QED) is 0.855. The van der Waals surface area contributed by atoms with E-state index in [9.17, 15) is 0 Å². The van der Waals surface area contributed by atoms with Crippen molar-refractivity contribution in [1.82, 2.24) is 15.2 Å². The van der Waals surface area contributed by atoms with Crippen LogP contribution >= 0.6 is 24.8 Å². The molecule has 128 valence electrons. The zero-order chi connectivity index (χ0) is 14.3. The molecule has 1 aromatic heterocycles. The van der Waals surface area contributed by atoms with Crippen molar-refractivity contribution >= 4 is 35.7 Å². The van der Waals surface area contributed by atoms with Crippen molar-refractivity contribution in [2.24, 2.45) is 5.41 Å². The van der Waals surface area contributed by atoms with Gasteiger partial charge in [-0.15, -0.1) is 24.8 Å². The summed E-state index contributed by atoms with van der Waals surface area (Å²) in [5.74, 6) is 0. The fraction of sp³-hybridized carbons (Fsp3) is 0.556. The Bertz CT molecular complexity index is 647. The number of benzene rings is 1.